The highest BCUT2D eigenvalue weighted by Crippen LogP contribution is 2.26. The number of benzene rings is 1. The van der Waals surface area contributed by atoms with E-state index in [1.54, 1.807) is 0 Å². The first-order valence-electron chi connectivity index (χ1n) is 4.53. The number of nitrogens with zero attached hydrogens (tertiary/aromatic N) is 1. The number of fused-ring (bicyclic) bond motifs is 1. The first-order chi connectivity index (χ1) is 7.56. The molecule has 84 valence electrons. The lowest BCUT2D eigenvalue weighted by molar-refractivity contribution is -0.138. The highest BCUT2D eigenvalue weighted by molar-refractivity contribution is 5.79. The van der Waals surface area contributed by atoms with Crippen molar-refractivity contribution in [1.82, 2.24) is 4.90 Å². The highest BCUT2D eigenvalue weighted by Gasteiger charge is 2.26. The molecule has 1 aromatic rings. The predicted molar refractivity (Wildman–Crippen MR) is 50.5 cm³/mol. The number of ether oxygens (including phenoxy) is 1. The van der Waals surface area contributed by atoms with Gasteiger partial charge in [0, 0.05) is 5.56 Å². The number of carbonyl (C=O) groups excluding carboxylic acids is 1. The van der Waals surface area contributed by atoms with Crippen LogP contribution in [0, 0.1) is 5.82 Å². The number of carboxylic acids is 1. The molecular formula is C10H8FNO4. The molecule has 6 heteroatoms. The molecule has 1 heterocycles. The minimum Gasteiger partial charge on any atom is -0.480 e. The van der Waals surface area contributed by atoms with Crippen molar-refractivity contribution < 1.29 is 23.8 Å². The summed E-state index contributed by atoms with van der Waals surface area (Å²) in [5.74, 6) is -1.32. The molecular weight excluding hydrogens is 217 g/mol. The fraction of sp³-hybridized carbons (Fsp3) is 0.200. The van der Waals surface area contributed by atoms with E-state index in [0.717, 1.165) is 4.90 Å². The third kappa shape index (κ3) is 1.95. The van der Waals surface area contributed by atoms with Crippen molar-refractivity contribution in [2.45, 2.75) is 6.54 Å². The number of carbonyl (C=O) groups is 2. The summed E-state index contributed by atoms with van der Waals surface area (Å²) in [5.41, 5.74) is 0.459. The minimum absolute atomic E-state index is 0.0399. The maximum atomic E-state index is 12.9. The van der Waals surface area contributed by atoms with Crippen molar-refractivity contribution in [1.29, 1.82) is 0 Å². The molecule has 2 rings (SSSR count). The zero-order chi connectivity index (χ0) is 11.7. The second-order valence-electron chi connectivity index (χ2n) is 3.37. The molecule has 0 aromatic heterocycles. The van der Waals surface area contributed by atoms with Crippen molar-refractivity contribution in [2.24, 2.45) is 0 Å². The number of halogens is 1. The van der Waals surface area contributed by atoms with E-state index in [0.29, 0.717) is 5.56 Å². The summed E-state index contributed by atoms with van der Waals surface area (Å²) >= 11 is 0. The van der Waals surface area contributed by atoms with Crippen LogP contribution in [-0.2, 0) is 11.3 Å². The van der Waals surface area contributed by atoms with Crippen LogP contribution in [0.1, 0.15) is 5.56 Å². The molecule has 0 saturated heterocycles. The number of amides is 1. The predicted octanol–water partition coefficient (Wildman–Crippen LogP) is 1.22. The molecule has 0 bridgehead atoms. The zero-order valence-corrected chi connectivity index (χ0v) is 8.14. The van der Waals surface area contributed by atoms with Crippen molar-refractivity contribution in [3.8, 4) is 5.75 Å². The van der Waals surface area contributed by atoms with E-state index >= 15 is 0 Å². The Morgan fingerprint density at radius 2 is 2.31 bits per heavy atom. The number of rotatable bonds is 2. The van der Waals surface area contributed by atoms with Gasteiger partial charge in [0.1, 0.15) is 18.1 Å². The van der Waals surface area contributed by atoms with Gasteiger partial charge in [0.15, 0.2) is 0 Å². The number of hydrogen-bond donors (Lipinski definition) is 1. The standard InChI is InChI=1S/C10H8FNO4/c11-7-1-2-8-6(3-7)4-12(5-9(13)14)10(15)16-8/h1-3H,4-5H2,(H,13,14). The maximum absolute atomic E-state index is 12.9. The minimum atomic E-state index is -1.14. The summed E-state index contributed by atoms with van der Waals surface area (Å²) in [5, 5.41) is 8.56. The number of aliphatic carboxylic acids is 1. The fourth-order valence-electron chi connectivity index (χ4n) is 1.48. The molecule has 1 aliphatic heterocycles. The monoisotopic (exact) mass is 225 g/mol. The molecule has 1 amide bonds. The maximum Gasteiger partial charge on any atom is 0.416 e. The lowest BCUT2D eigenvalue weighted by Crippen LogP contribution is -2.40. The third-order valence-electron chi connectivity index (χ3n) is 2.17. The summed E-state index contributed by atoms with van der Waals surface area (Å²) in [4.78, 5) is 22.8. The SMILES string of the molecule is O=C(O)CN1Cc2cc(F)ccc2OC1=O. The van der Waals surface area contributed by atoms with E-state index in [2.05, 4.69) is 0 Å². The molecule has 0 unspecified atom stereocenters. The summed E-state index contributed by atoms with van der Waals surface area (Å²) in [6.07, 6.45) is -0.735. The fourth-order valence-corrected chi connectivity index (χ4v) is 1.48. The quantitative estimate of drug-likeness (QED) is 0.821. The Hall–Kier alpha value is -2.11. The van der Waals surface area contributed by atoms with E-state index in [1.807, 2.05) is 0 Å². The van der Waals surface area contributed by atoms with Gasteiger partial charge in [-0.1, -0.05) is 0 Å². The van der Waals surface area contributed by atoms with Gasteiger partial charge in [-0.2, -0.15) is 0 Å². The lowest BCUT2D eigenvalue weighted by atomic mass is 10.1. The van der Waals surface area contributed by atoms with Gasteiger partial charge in [-0.25, -0.2) is 9.18 Å². The van der Waals surface area contributed by atoms with E-state index in [9.17, 15) is 14.0 Å². The molecule has 16 heavy (non-hydrogen) atoms. The highest BCUT2D eigenvalue weighted by atomic mass is 19.1. The lowest BCUT2D eigenvalue weighted by Gasteiger charge is -2.26. The van der Waals surface area contributed by atoms with Crippen LogP contribution in [0.4, 0.5) is 9.18 Å². The molecule has 0 fully saturated rings. The summed E-state index contributed by atoms with van der Waals surface area (Å²) < 4.78 is 17.8. The molecule has 1 N–H and O–H groups in total. The van der Waals surface area contributed by atoms with Crippen LogP contribution in [0.2, 0.25) is 0 Å². The van der Waals surface area contributed by atoms with Gasteiger partial charge < -0.3 is 9.84 Å². The van der Waals surface area contributed by atoms with Crippen molar-refractivity contribution in [3.05, 3.63) is 29.6 Å². The van der Waals surface area contributed by atoms with Gasteiger partial charge in [0.05, 0.1) is 6.54 Å². The van der Waals surface area contributed by atoms with Crippen molar-refractivity contribution >= 4 is 12.1 Å². The Morgan fingerprint density at radius 3 is 3.00 bits per heavy atom. The molecule has 0 spiro atoms. The second-order valence-corrected chi connectivity index (χ2v) is 3.37. The Labute approximate surface area is 90.0 Å². The van der Waals surface area contributed by atoms with Gasteiger partial charge in [-0.3, -0.25) is 9.69 Å². The first-order valence-corrected chi connectivity index (χ1v) is 4.53. The molecule has 0 saturated carbocycles. The first kappa shape index (κ1) is 10.4. The second kappa shape index (κ2) is 3.80. The van der Waals surface area contributed by atoms with Crippen molar-refractivity contribution in [3.63, 3.8) is 0 Å². The van der Waals surface area contributed by atoms with Gasteiger partial charge >= 0.3 is 12.1 Å². The van der Waals surface area contributed by atoms with Crippen LogP contribution in [0.15, 0.2) is 18.2 Å². The summed E-state index contributed by atoms with van der Waals surface area (Å²) in [7, 11) is 0. The van der Waals surface area contributed by atoms with Gasteiger partial charge in [-0.05, 0) is 18.2 Å². The van der Waals surface area contributed by atoms with Crippen LogP contribution in [0.25, 0.3) is 0 Å². The van der Waals surface area contributed by atoms with Crippen LogP contribution >= 0.6 is 0 Å². The number of hydrogen-bond acceptors (Lipinski definition) is 3. The van der Waals surface area contributed by atoms with Crippen molar-refractivity contribution in [2.75, 3.05) is 6.54 Å². The molecule has 0 atom stereocenters. The van der Waals surface area contributed by atoms with Gasteiger partial charge in [0.2, 0.25) is 0 Å². The molecule has 5 nitrogen and oxygen atoms in total. The van der Waals surface area contributed by atoms with Gasteiger partial charge in [-0.15, -0.1) is 0 Å². The van der Waals surface area contributed by atoms with E-state index < -0.39 is 24.4 Å². The third-order valence-corrected chi connectivity index (χ3v) is 2.17. The summed E-state index contributed by atoms with van der Waals surface area (Å²) in [6.45, 7) is -0.424. The number of carboxylic acid groups (broad SMARTS) is 1. The average Bonchev–Trinajstić information content (AvgIpc) is 2.19. The van der Waals surface area contributed by atoms with Crippen LogP contribution in [0.3, 0.4) is 0 Å². The van der Waals surface area contributed by atoms with E-state index in [1.165, 1.54) is 18.2 Å². The van der Waals surface area contributed by atoms with E-state index in [4.69, 9.17) is 9.84 Å². The van der Waals surface area contributed by atoms with E-state index in [-0.39, 0.29) is 12.3 Å². The Kier molecular flexibility index (Phi) is 2.47. The Bertz CT molecular complexity index is 460. The largest absolute Gasteiger partial charge is 0.480 e. The molecule has 0 aliphatic carbocycles. The zero-order valence-electron chi connectivity index (χ0n) is 8.14. The van der Waals surface area contributed by atoms with Crippen LogP contribution in [-0.4, -0.2) is 28.6 Å². The molecule has 1 aromatic carbocycles. The molecule has 1 aliphatic rings. The average molecular weight is 225 g/mol. The normalized spacial score (nSPS) is 14.3. The van der Waals surface area contributed by atoms with Crippen LogP contribution in [0.5, 0.6) is 5.75 Å². The van der Waals surface area contributed by atoms with Crippen LogP contribution < -0.4 is 4.74 Å². The summed E-state index contributed by atoms with van der Waals surface area (Å²) in [6, 6.07) is 3.75. The Balaban J connectivity index is 2.26. The molecule has 0 radical (unpaired) electrons. The van der Waals surface area contributed by atoms with Gasteiger partial charge in [0.25, 0.3) is 0 Å². The Morgan fingerprint density at radius 1 is 1.56 bits per heavy atom. The smallest absolute Gasteiger partial charge is 0.416 e. The topological polar surface area (TPSA) is 66.8 Å².